The summed E-state index contributed by atoms with van der Waals surface area (Å²) in [6, 6.07) is 10.9. The van der Waals surface area contributed by atoms with Gasteiger partial charge in [0.25, 0.3) is 5.91 Å². The summed E-state index contributed by atoms with van der Waals surface area (Å²) in [6.07, 6.45) is 2.05. The third-order valence-electron chi connectivity index (χ3n) is 3.45. The Morgan fingerprint density at radius 3 is 2.04 bits per heavy atom. The molecule has 1 N–H and O–H groups in total. The second-order valence-corrected chi connectivity index (χ2v) is 5.86. The Morgan fingerprint density at radius 1 is 1.00 bits per heavy atom. The molecule has 0 fully saturated rings. The number of nitrogens with one attached hydrogen (secondary N) is 1. The molecule has 0 heterocycles. The maximum absolute atomic E-state index is 12.4. The number of carbonyl (C=O) groups is 1. The number of carbonyl (C=O) groups excluding carboxylic acids is 1. The molecule has 0 aliphatic heterocycles. The second-order valence-electron chi connectivity index (χ2n) is 5.00. The molecule has 0 bridgehead atoms. The predicted molar refractivity (Wildman–Crippen MR) is 97.7 cm³/mol. The van der Waals surface area contributed by atoms with Gasteiger partial charge in [0, 0.05) is 29.1 Å². The van der Waals surface area contributed by atoms with E-state index in [9.17, 15) is 4.79 Å². The van der Waals surface area contributed by atoms with Crippen LogP contribution in [0.2, 0.25) is 0 Å². The summed E-state index contributed by atoms with van der Waals surface area (Å²) < 4.78 is 15.9. The smallest absolute Gasteiger partial charge is 0.255 e. The van der Waals surface area contributed by atoms with Crippen LogP contribution >= 0.6 is 11.8 Å². The molecule has 0 radical (unpaired) electrons. The quantitative estimate of drug-likeness (QED) is 0.825. The van der Waals surface area contributed by atoms with Gasteiger partial charge in [-0.25, -0.2) is 0 Å². The molecule has 5 nitrogen and oxygen atoms in total. The van der Waals surface area contributed by atoms with Crippen molar-refractivity contribution in [3.8, 4) is 17.2 Å². The van der Waals surface area contributed by atoms with Crippen molar-refractivity contribution in [1.29, 1.82) is 0 Å². The molecule has 128 valence electrons. The molecule has 0 aliphatic carbocycles. The van der Waals surface area contributed by atoms with Gasteiger partial charge in [-0.3, -0.25) is 4.79 Å². The van der Waals surface area contributed by atoms with Gasteiger partial charge >= 0.3 is 0 Å². The third kappa shape index (κ3) is 4.14. The van der Waals surface area contributed by atoms with Gasteiger partial charge in [0.05, 0.1) is 21.3 Å². The summed E-state index contributed by atoms with van der Waals surface area (Å²) in [5, 5.41) is 2.85. The minimum atomic E-state index is -0.194. The van der Waals surface area contributed by atoms with Crippen molar-refractivity contribution in [3.05, 3.63) is 47.5 Å². The van der Waals surface area contributed by atoms with Crippen molar-refractivity contribution < 1.29 is 19.0 Å². The van der Waals surface area contributed by atoms with Crippen LogP contribution in [0.3, 0.4) is 0 Å². The number of methoxy groups -OCH3 is 3. The fourth-order valence-corrected chi connectivity index (χ4v) is 2.80. The number of ether oxygens (including phenoxy) is 3. The van der Waals surface area contributed by atoms with E-state index >= 15 is 0 Å². The van der Waals surface area contributed by atoms with E-state index < -0.39 is 0 Å². The van der Waals surface area contributed by atoms with Gasteiger partial charge in [-0.05, 0) is 24.0 Å². The predicted octanol–water partition coefficient (Wildman–Crippen LogP) is 3.83. The van der Waals surface area contributed by atoms with E-state index in [1.807, 2.05) is 30.5 Å². The lowest BCUT2D eigenvalue weighted by atomic mass is 10.1. The molecule has 0 atom stereocenters. The van der Waals surface area contributed by atoms with Gasteiger partial charge in [-0.2, -0.15) is 11.8 Å². The van der Waals surface area contributed by atoms with Crippen molar-refractivity contribution in [3.63, 3.8) is 0 Å². The first kappa shape index (κ1) is 18.0. The summed E-state index contributed by atoms with van der Waals surface area (Å²) in [7, 11) is 4.61. The number of thioether (sulfide) groups is 1. The SMILES string of the molecule is COc1cc(NC(=O)c2ccc(CSC)cc2)cc(OC)c1OC. The van der Waals surface area contributed by atoms with Crippen molar-refractivity contribution >= 4 is 23.4 Å². The highest BCUT2D eigenvalue weighted by Gasteiger charge is 2.15. The number of anilines is 1. The minimum Gasteiger partial charge on any atom is -0.493 e. The zero-order valence-electron chi connectivity index (χ0n) is 14.2. The van der Waals surface area contributed by atoms with Crippen LogP contribution in [0.25, 0.3) is 0 Å². The minimum absolute atomic E-state index is 0.194. The molecule has 6 heteroatoms. The average Bonchev–Trinajstić information content (AvgIpc) is 2.61. The Hall–Kier alpha value is -2.34. The lowest BCUT2D eigenvalue weighted by Gasteiger charge is -2.14. The standard InChI is InChI=1S/C18H21NO4S/c1-21-15-9-14(10-16(22-2)17(15)23-3)19-18(20)13-7-5-12(6-8-13)11-24-4/h5-10H,11H2,1-4H3,(H,19,20). The summed E-state index contributed by atoms with van der Waals surface area (Å²) in [5.74, 6) is 2.19. The average molecular weight is 347 g/mol. The first-order valence-electron chi connectivity index (χ1n) is 7.32. The lowest BCUT2D eigenvalue weighted by Crippen LogP contribution is -2.12. The Bertz CT molecular complexity index is 676. The molecule has 2 rings (SSSR count). The van der Waals surface area contributed by atoms with Crippen molar-refractivity contribution in [2.45, 2.75) is 5.75 Å². The van der Waals surface area contributed by atoms with Crippen LogP contribution in [0.5, 0.6) is 17.2 Å². The van der Waals surface area contributed by atoms with Crippen LogP contribution in [-0.4, -0.2) is 33.5 Å². The highest BCUT2D eigenvalue weighted by Crippen LogP contribution is 2.40. The monoisotopic (exact) mass is 347 g/mol. The van der Waals surface area contributed by atoms with Crippen LogP contribution in [0, 0.1) is 0 Å². The van der Waals surface area contributed by atoms with Crippen molar-refractivity contribution in [1.82, 2.24) is 0 Å². The van der Waals surface area contributed by atoms with Gasteiger partial charge in [0.2, 0.25) is 5.75 Å². The topological polar surface area (TPSA) is 56.8 Å². The number of amides is 1. The number of benzene rings is 2. The molecule has 0 unspecified atom stereocenters. The van der Waals surface area contributed by atoms with Crippen LogP contribution in [0.4, 0.5) is 5.69 Å². The van der Waals surface area contributed by atoms with E-state index in [1.165, 1.54) is 26.9 Å². The first-order chi connectivity index (χ1) is 11.6. The maximum Gasteiger partial charge on any atom is 0.255 e. The van der Waals surface area contributed by atoms with E-state index in [4.69, 9.17) is 14.2 Å². The molecular formula is C18H21NO4S. The highest BCUT2D eigenvalue weighted by molar-refractivity contribution is 7.97. The molecule has 0 spiro atoms. The normalized spacial score (nSPS) is 10.2. The zero-order chi connectivity index (χ0) is 17.5. The lowest BCUT2D eigenvalue weighted by molar-refractivity contribution is 0.102. The number of hydrogen-bond acceptors (Lipinski definition) is 5. The zero-order valence-corrected chi connectivity index (χ0v) is 15.0. The van der Waals surface area contributed by atoms with Crippen LogP contribution in [0.1, 0.15) is 15.9 Å². The summed E-state index contributed by atoms with van der Waals surface area (Å²) in [6.45, 7) is 0. The number of rotatable bonds is 7. The molecule has 2 aromatic carbocycles. The van der Waals surface area contributed by atoms with E-state index in [2.05, 4.69) is 5.32 Å². The number of hydrogen-bond donors (Lipinski definition) is 1. The molecular weight excluding hydrogens is 326 g/mol. The maximum atomic E-state index is 12.4. The molecule has 0 aromatic heterocycles. The summed E-state index contributed by atoms with van der Waals surface area (Å²) in [5.41, 5.74) is 2.35. The van der Waals surface area contributed by atoms with Gasteiger partial charge in [0.1, 0.15) is 0 Å². The molecule has 0 saturated heterocycles. The largest absolute Gasteiger partial charge is 0.493 e. The Kier molecular flexibility index (Phi) is 6.37. The molecule has 2 aromatic rings. The van der Waals surface area contributed by atoms with E-state index in [0.717, 1.165) is 5.75 Å². The Balaban J connectivity index is 2.22. The summed E-state index contributed by atoms with van der Waals surface area (Å²) >= 11 is 1.74. The van der Waals surface area contributed by atoms with Gasteiger partial charge in [-0.15, -0.1) is 0 Å². The van der Waals surface area contributed by atoms with Crippen molar-refractivity contribution in [2.75, 3.05) is 32.9 Å². The molecule has 24 heavy (non-hydrogen) atoms. The third-order valence-corrected chi connectivity index (χ3v) is 4.07. The van der Waals surface area contributed by atoms with Crippen LogP contribution in [0.15, 0.2) is 36.4 Å². The van der Waals surface area contributed by atoms with Gasteiger partial charge < -0.3 is 19.5 Å². The Labute approximate surface area is 146 Å². The van der Waals surface area contributed by atoms with Gasteiger partial charge in [0.15, 0.2) is 11.5 Å². The van der Waals surface area contributed by atoms with Gasteiger partial charge in [-0.1, -0.05) is 12.1 Å². The molecule has 1 amide bonds. The molecule has 0 aliphatic rings. The first-order valence-corrected chi connectivity index (χ1v) is 8.71. The second kappa shape index (κ2) is 8.49. The van der Waals surface area contributed by atoms with Crippen molar-refractivity contribution in [2.24, 2.45) is 0 Å². The fourth-order valence-electron chi connectivity index (χ4n) is 2.28. The highest BCUT2D eigenvalue weighted by atomic mass is 32.2. The Morgan fingerprint density at radius 2 is 1.58 bits per heavy atom. The van der Waals surface area contributed by atoms with E-state index in [1.54, 1.807) is 23.9 Å². The van der Waals surface area contributed by atoms with Crippen LogP contribution < -0.4 is 19.5 Å². The van der Waals surface area contributed by atoms with Crippen LogP contribution in [-0.2, 0) is 5.75 Å². The van der Waals surface area contributed by atoms with E-state index in [-0.39, 0.29) is 5.91 Å². The molecule has 0 saturated carbocycles. The van der Waals surface area contributed by atoms with E-state index in [0.29, 0.717) is 28.5 Å². The fraction of sp³-hybridized carbons (Fsp3) is 0.278. The summed E-state index contributed by atoms with van der Waals surface area (Å²) in [4.78, 5) is 12.4.